The number of hydrazine groups is 1. The number of anilines is 2. The van der Waals surface area contributed by atoms with Crippen molar-refractivity contribution in [2.45, 2.75) is 11.8 Å². The lowest BCUT2D eigenvalue weighted by Gasteiger charge is -2.17. The molecular weight excluding hydrogens is 360 g/mol. The molecule has 1 aromatic heterocycles. The Morgan fingerprint density at radius 2 is 1.73 bits per heavy atom. The van der Waals surface area contributed by atoms with Crippen LogP contribution in [0, 0.1) is 0 Å². The molecule has 10 nitrogen and oxygen atoms in total. The molecule has 3 N–H and O–H groups in total. The molecular formula is C15H18N6O4S. The van der Waals surface area contributed by atoms with Crippen LogP contribution in [0.2, 0.25) is 0 Å². The summed E-state index contributed by atoms with van der Waals surface area (Å²) in [7, 11) is -2.57. The Balaban J connectivity index is 1.97. The van der Waals surface area contributed by atoms with Gasteiger partial charge < -0.3 is 5.32 Å². The van der Waals surface area contributed by atoms with E-state index in [1.807, 2.05) is 0 Å². The molecule has 138 valence electrons. The summed E-state index contributed by atoms with van der Waals surface area (Å²) in [6, 6.07) is 7.26. The van der Waals surface area contributed by atoms with Crippen molar-refractivity contribution < 1.29 is 18.0 Å². The average molecular weight is 378 g/mol. The van der Waals surface area contributed by atoms with Crippen LogP contribution in [0.4, 0.5) is 11.6 Å². The predicted octanol–water partition coefficient (Wildman–Crippen LogP) is 0.199. The summed E-state index contributed by atoms with van der Waals surface area (Å²) in [6.45, 7) is 0.946. The SMILES string of the molecule is CC(=O)Nc1ccc(S(=O)(=O)N(C)CC(=O)NNc2ncccn2)cc1. The number of rotatable bonds is 7. The summed E-state index contributed by atoms with van der Waals surface area (Å²) >= 11 is 0. The molecule has 0 fully saturated rings. The summed E-state index contributed by atoms with van der Waals surface area (Å²) in [5.41, 5.74) is 5.28. The van der Waals surface area contributed by atoms with E-state index in [1.165, 1.54) is 50.6 Å². The minimum atomic E-state index is -3.86. The summed E-state index contributed by atoms with van der Waals surface area (Å²) in [6.07, 6.45) is 2.98. The molecule has 2 rings (SSSR count). The van der Waals surface area contributed by atoms with Gasteiger partial charge in [0.25, 0.3) is 5.91 Å². The molecule has 0 saturated carbocycles. The van der Waals surface area contributed by atoms with Crippen molar-refractivity contribution >= 4 is 33.5 Å². The van der Waals surface area contributed by atoms with Crippen molar-refractivity contribution in [3.63, 3.8) is 0 Å². The van der Waals surface area contributed by atoms with Crippen LogP contribution in [0.15, 0.2) is 47.6 Å². The third-order valence-electron chi connectivity index (χ3n) is 3.13. The molecule has 2 amide bonds. The molecule has 0 unspecified atom stereocenters. The summed E-state index contributed by atoms with van der Waals surface area (Å²) in [5.74, 6) is -0.664. The number of carbonyl (C=O) groups is 2. The first-order valence-corrected chi connectivity index (χ1v) is 8.89. The maximum Gasteiger partial charge on any atom is 0.253 e. The van der Waals surface area contributed by atoms with Crippen molar-refractivity contribution in [1.82, 2.24) is 19.7 Å². The van der Waals surface area contributed by atoms with Crippen LogP contribution in [-0.2, 0) is 19.6 Å². The number of sulfonamides is 1. The molecule has 0 aliphatic rings. The van der Waals surface area contributed by atoms with Crippen LogP contribution in [-0.4, -0.2) is 48.1 Å². The lowest BCUT2D eigenvalue weighted by molar-refractivity contribution is -0.120. The van der Waals surface area contributed by atoms with Crippen LogP contribution in [0.5, 0.6) is 0 Å². The molecule has 2 aromatic rings. The second kappa shape index (κ2) is 8.36. The molecule has 0 aliphatic heterocycles. The minimum absolute atomic E-state index is 0.00116. The van der Waals surface area contributed by atoms with E-state index in [0.717, 1.165) is 4.31 Å². The number of nitrogens with zero attached hydrogens (tertiary/aromatic N) is 3. The second-order valence-corrected chi connectivity index (χ2v) is 7.26. The van der Waals surface area contributed by atoms with Gasteiger partial charge in [0, 0.05) is 32.1 Å². The minimum Gasteiger partial charge on any atom is -0.326 e. The van der Waals surface area contributed by atoms with Gasteiger partial charge in [0.1, 0.15) is 0 Å². The van der Waals surface area contributed by atoms with Crippen molar-refractivity contribution in [1.29, 1.82) is 0 Å². The van der Waals surface area contributed by atoms with Gasteiger partial charge in [0.05, 0.1) is 11.4 Å². The fourth-order valence-corrected chi connectivity index (χ4v) is 3.04. The van der Waals surface area contributed by atoms with Gasteiger partial charge in [0.2, 0.25) is 21.9 Å². The second-order valence-electron chi connectivity index (χ2n) is 5.21. The smallest absolute Gasteiger partial charge is 0.253 e. The Morgan fingerprint density at radius 1 is 1.12 bits per heavy atom. The van der Waals surface area contributed by atoms with E-state index in [4.69, 9.17) is 0 Å². The average Bonchev–Trinajstić information content (AvgIpc) is 2.61. The molecule has 0 bridgehead atoms. The zero-order valence-electron chi connectivity index (χ0n) is 14.1. The van der Waals surface area contributed by atoms with Gasteiger partial charge in [-0.05, 0) is 30.3 Å². The largest absolute Gasteiger partial charge is 0.326 e. The lowest BCUT2D eigenvalue weighted by Crippen LogP contribution is -2.40. The summed E-state index contributed by atoms with van der Waals surface area (Å²) in [5, 5.41) is 2.55. The quantitative estimate of drug-likeness (QED) is 0.586. The summed E-state index contributed by atoms with van der Waals surface area (Å²) < 4.78 is 25.9. The summed E-state index contributed by atoms with van der Waals surface area (Å²) in [4.78, 5) is 30.6. The van der Waals surface area contributed by atoms with Crippen molar-refractivity contribution in [3.05, 3.63) is 42.7 Å². The topological polar surface area (TPSA) is 133 Å². The fraction of sp³-hybridized carbons (Fsp3) is 0.200. The number of nitrogens with one attached hydrogen (secondary N) is 3. The lowest BCUT2D eigenvalue weighted by atomic mass is 10.3. The highest BCUT2D eigenvalue weighted by Gasteiger charge is 2.23. The van der Waals surface area contributed by atoms with E-state index in [2.05, 4.69) is 26.1 Å². The van der Waals surface area contributed by atoms with Gasteiger partial charge in [-0.15, -0.1) is 0 Å². The third-order valence-corrected chi connectivity index (χ3v) is 4.95. The van der Waals surface area contributed by atoms with E-state index in [9.17, 15) is 18.0 Å². The number of benzene rings is 1. The highest BCUT2D eigenvalue weighted by atomic mass is 32.2. The first kappa shape index (κ1) is 19.3. The Bertz CT molecular complexity index is 871. The Labute approximate surface area is 150 Å². The van der Waals surface area contributed by atoms with Crippen LogP contribution >= 0.6 is 0 Å². The number of hydrogen-bond acceptors (Lipinski definition) is 7. The molecule has 0 atom stereocenters. The highest BCUT2D eigenvalue weighted by Crippen LogP contribution is 2.17. The molecule has 0 spiro atoms. The Hall–Kier alpha value is -3.05. The maximum atomic E-state index is 12.5. The van der Waals surface area contributed by atoms with Gasteiger partial charge in [-0.25, -0.2) is 18.4 Å². The number of aromatic nitrogens is 2. The van der Waals surface area contributed by atoms with Crippen LogP contribution in [0.3, 0.4) is 0 Å². The fourth-order valence-electron chi connectivity index (χ4n) is 1.91. The molecule has 1 heterocycles. The molecule has 1 aromatic carbocycles. The standard InChI is InChI=1S/C15H18N6O4S/c1-11(22)18-12-4-6-13(7-5-12)26(24,25)21(2)10-14(23)19-20-15-16-8-3-9-17-15/h3-9H,10H2,1-2H3,(H,18,22)(H,19,23)(H,16,17,20). The first-order chi connectivity index (χ1) is 12.3. The Morgan fingerprint density at radius 3 is 2.31 bits per heavy atom. The third kappa shape index (κ3) is 5.22. The van der Waals surface area contributed by atoms with E-state index >= 15 is 0 Å². The van der Waals surface area contributed by atoms with E-state index < -0.39 is 22.5 Å². The molecule has 11 heteroatoms. The van der Waals surface area contributed by atoms with Gasteiger partial charge in [0.15, 0.2) is 0 Å². The van der Waals surface area contributed by atoms with Crippen LogP contribution in [0.25, 0.3) is 0 Å². The van der Waals surface area contributed by atoms with Gasteiger partial charge >= 0.3 is 0 Å². The van der Waals surface area contributed by atoms with Gasteiger partial charge in [-0.1, -0.05) is 0 Å². The zero-order valence-corrected chi connectivity index (χ0v) is 14.9. The monoisotopic (exact) mass is 378 g/mol. The van der Waals surface area contributed by atoms with Gasteiger partial charge in [-0.2, -0.15) is 4.31 Å². The van der Waals surface area contributed by atoms with Crippen molar-refractivity contribution in [3.8, 4) is 0 Å². The highest BCUT2D eigenvalue weighted by molar-refractivity contribution is 7.89. The number of hydrogen-bond donors (Lipinski definition) is 3. The van der Waals surface area contributed by atoms with E-state index in [-0.39, 0.29) is 16.8 Å². The van der Waals surface area contributed by atoms with Crippen molar-refractivity contribution in [2.24, 2.45) is 0 Å². The van der Waals surface area contributed by atoms with E-state index in [0.29, 0.717) is 5.69 Å². The zero-order chi connectivity index (χ0) is 19.2. The first-order valence-electron chi connectivity index (χ1n) is 7.45. The molecule has 0 aliphatic carbocycles. The maximum absolute atomic E-state index is 12.5. The number of carbonyl (C=O) groups excluding carboxylic acids is 2. The number of amides is 2. The number of likely N-dealkylation sites (N-methyl/N-ethyl adjacent to an activating group) is 1. The van der Waals surface area contributed by atoms with E-state index in [1.54, 1.807) is 6.07 Å². The molecule has 0 saturated heterocycles. The Kier molecular flexibility index (Phi) is 6.20. The molecule has 26 heavy (non-hydrogen) atoms. The van der Waals surface area contributed by atoms with Crippen LogP contribution in [0.1, 0.15) is 6.92 Å². The normalized spacial score (nSPS) is 11.0. The van der Waals surface area contributed by atoms with Crippen molar-refractivity contribution in [2.75, 3.05) is 24.3 Å². The predicted molar refractivity (Wildman–Crippen MR) is 94.4 cm³/mol. The molecule has 0 radical (unpaired) electrons. The van der Waals surface area contributed by atoms with Crippen LogP contribution < -0.4 is 16.2 Å². The van der Waals surface area contributed by atoms with Gasteiger partial charge in [-0.3, -0.25) is 20.4 Å².